The maximum atomic E-state index is 12.7. The molecule has 4 aliphatic carbocycles. The average Bonchev–Trinajstić information content (AvgIpc) is 3.91. The maximum absolute atomic E-state index is 12.7. The molecule has 7 fully saturated rings. The van der Waals surface area contributed by atoms with Crippen molar-refractivity contribution in [2.24, 2.45) is 40.4 Å². The van der Waals surface area contributed by atoms with Crippen LogP contribution in [0.2, 0.25) is 0 Å². The highest BCUT2D eigenvalue weighted by Gasteiger charge is 2.78. The van der Waals surface area contributed by atoms with E-state index >= 15 is 0 Å². The van der Waals surface area contributed by atoms with Gasteiger partial charge in [-0.2, -0.15) is 0 Å². The molecule has 0 radical (unpaired) electrons. The SMILES string of the molecule is CC1=C(CO)C(=O)O[C@@H]([C@@H](C)[C@H]2CC[C@H]3[C@@H]4[C@@H]5O[C@@H]5[C@@]5(O)C[C@@H](O[C@@H]6O[C@H](CO[C@@H]7O[C@H](CO)[C@@H](O)[C@H](O)[C@H]7O)[C@@H](O)[C@H](O)[C@H]6O)C[C@H](O)[C@]5(C)[C@H]4CC[C@]23C)C1. The summed E-state index contributed by atoms with van der Waals surface area (Å²) in [6.07, 6.45) is -14.4. The van der Waals surface area contributed by atoms with Crippen molar-refractivity contribution >= 4 is 5.97 Å². The smallest absolute Gasteiger partial charge is 0.336 e. The number of carbonyl (C=O) groups is 1. The topological polar surface area (TPSA) is 278 Å². The van der Waals surface area contributed by atoms with Gasteiger partial charge < -0.3 is 79.5 Å². The third-order valence-electron chi connectivity index (χ3n) is 16.4. The molecule has 8 aliphatic rings. The monoisotopic (exact) mass is 814 g/mol. The number of rotatable bonds is 9. The highest BCUT2D eigenvalue weighted by molar-refractivity contribution is 5.90. The van der Waals surface area contributed by atoms with Gasteiger partial charge in [-0.1, -0.05) is 26.3 Å². The van der Waals surface area contributed by atoms with Crippen LogP contribution in [0.4, 0.5) is 0 Å². The number of cyclic esters (lactones) is 1. The normalized spacial score (nSPS) is 55.3. The molecule has 23 atom stereocenters. The van der Waals surface area contributed by atoms with E-state index in [4.69, 9.17) is 28.4 Å². The quantitative estimate of drug-likeness (QED) is 0.0684. The van der Waals surface area contributed by atoms with Gasteiger partial charge in [-0.15, -0.1) is 0 Å². The third kappa shape index (κ3) is 6.49. The molecule has 0 amide bonds. The molecule has 57 heavy (non-hydrogen) atoms. The van der Waals surface area contributed by atoms with Crippen LogP contribution in [-0.2, 0) is 33.2 Å². The van der Waals surface area contributed by atoms with Gasteiger partial charge in [0.2, 0.25) is 0 Å². The summed E-state index contributed by atoms with van der Waals surface area (Å²) in [4.78, 5) is 12.7. The molecule has 0 unspecified atom stereocenters. The second-order valence-corrected chi connectivity index (χ2v) is 18.9. The number of carbonyl (C=O) groups excluding carboxylic acids is 1. The molecule has 0 spiro atoms. The minimum atomic E-state index is -1.75. The van der Waals surface area contributed by atoms with Crippen LogP contribution in [0.1, 0.15) is 72.6 Å². The van der Waals surface area contributed by atoms with Gasteiger partial charge in [0.1, 0.15) is 66.6 Å². The van der Waals surface area contributed by atoms with Gasteiger partial charge in [-0.25, -0.2) is 4.79 Å². The number of aliphatic hydroxyl groups excluding tert-OH is 9. The van der Waals surface area contributed by atoms with Crippen LogP contribution in [0.25, 0.3) is 0 Å². The number of ether oxygens (including phenoxy) is 6. The number of fused-ring (bicyclic) bond motifs is 8. The van der Waals surface area contributed by atoms with Crippen LogP contribution in [-0.4, -0.2) is 174 Å². The predicted octanol–water partition coefficient (Wildman–Crippen LogP) is -2.01. The van der Waals surface area contributed by atoms with Crippen molar-refractivity contribution < 1.29 is 84.3 Å². The summed E-state index contributed by atoms with van der Waals surface area (Å²) in [5.41, 5.74) is -1.30. The molecular formula is C40H62O17. The van der Waals surface area contributed by atoms with Gasteiger partial charge in [-0.3, -0.25) is 0 Å². The van der Waals surface area contributed by atoms with Crippen LogP contribution in [0, 0.1) is 40.4 Å². The van der Waals surface area contributed by atoms with E-state index in [1.165, 1.54) is 0 Å². The molecular weight excluding hydrogens is 752 g/mol. The molecule has 3 saturated heterocycles. The molecule has 17 nitrogen and oxygen atoms in total. The minimum Gasteiger partial charge on any atom is -0.458 e. The molecule has 10 N–H and O–H groups in total. The number of hydrogen-bond donors (Lipinski definition) is 10. The zero-order chi connectivity index (χ0) is 41.1. The lowest BCUT2D eigenvalue weighted by molar-refractivity contribution is -0.344. The van der Waals surface area contributed by atoms with Gasteiger partial charge in [0.05, 0.1) is 43.7 Å². The Kier molecular flexibility index (Phi) is 11.3. The van der Waals surface area contributed by atoms with Gasteiger partial charge >= 0.3 is 5.97 Å². The summed E-state index contributed by atoms with van der Waals surface area (Å²) in [5.74, 6) is 0.249. The first-order chi connectivity index (χ1) is 26.9. The van der Waals surface area contributed by atoms with Crippen LogP contribution in [0.15, 0.2) is 11.1 Å². The second-order valence-electron chi connectivity index (χ2n) is 18.9. The highest BCUT2D eigenvalue weighted by Crippen LogP contribution is 2.73. The van der Waals surface area contributed by atoms with Gasteiger partial charge in [-0.05, 0) is 67.6 Å². The Morgan fingerprint density at radius 3 is 2.18 bits per heavy atom. The second kappa shape index (κ2) is 15.2. The summed E-state index contributed by atoms with van der Waals surface area (Å²) in [6.45, 7) is 6.83. The molecule has 0 aromatic carbocycles. The number of hydrogen-bond acceptors (Lipinski definition) is 17. The van der Waals surface area contributed by atoms with Crippen molar-refractivity contribution in [1.29, 1.82) is 0 Å². The van der Waals surface area contributed by atoms with Gasteiger partial charge in [0.15, 0.2) is 12.6 Å². The number of esters is 1. The lowest BCUT2D eigenvalue weighted by Gasteiger charge is -2.64. The van der Waals surface area contributed by atoms with Crippen molar-refractivity contribution in [2.75, 3.05) is 19.8 Å². The molecule has 0 aromatic rings. The van der Waals surface area contributed by atoms with E-state index in [2.05, 4.69) is 13.8 Å². The summed E-state index contributed by atoms with van der Waals surface area (Å²) in [5, 5.41) is 107. The van der Waals surface area contributed by atoms with Crippen LogP contribution in [0.3, 0.4) is 0 Å². The Balaban J connectivity index is 0.943. The number of aliphatic hydroxyl groups is 10. The molecule has 324 valence electrons. The lowest BCUT2D eigenvalue weighted by Crippen LogP contribution is -2.71. The average molecular weight is 815 g/mol. The van der Waals surface area contributed by atoms with Crippen molar-refractivity contribution in [1.82, 2.24) is 0 Å². The lowest BCUT2D eigenvalue weighted by atomic mass is 9.42. The van der Waals surface area contributed by atoms with Crippen molar-refractivity contribution in [3.63, 3.8) is 0 Å². The Morgan fingerprint density at radius 2 is 1.51 bits per heavy atom. The fourth-order valence-electron chi connectivity index (χ4n) is 12.9. The van der Waals surface area contributed by atoms with Crippen LogP contribution >= 0.6 is 0 Å². The first kappa shape index (κ1) is 42.3. The molecule has 8 rings (SSSR count). The number of epoxide rings is 1. The molecule has 17 heteroatoms. The fraction of sp³-hybridized carbons (Fsp3) is 0.925. The first-order valence-corrected chi connectivity index (χ1v) is 20.7. The highest BCUT2D eigenvalue weighted by atomic mass is 16.7. The summed E-state index contributed by atoms with van der Waals surface area (Å²) in [7, 11) is 0. The van der Waals surface area contributed by atoms with E-state index < -0.39 is 110 Å². The third-order valence-corrected chi connectivity index (χ3v) is 16.4. The van der Waals surface area contributed by atoms with Crippen molar-refractivity contribution in [2.45, 2.75) is 170 Å². The molecule has 4 aliphatic heterocycles. The molecule has 0 bridgehead atoms. The van der Waals surface area contributed by atoms with Gasteiger partial charge in [0, 0.05) is 24.7 Å². The Hall–Kier alpha value is -1.39. The zero-order valence-corrected chi connectivity index (χ0v) is 32.9. The van der Waals surface area contributed by atoms with E-state index in [0.29, 0.717) is 12.0 Å². The summed E-state index contributed by atoms with van der Waals surface area (Å²) >= 11 is 0. The van der Waals surface area contributed by atoms with E-state index in [1.54, 1.807) is 0 Å². The largest absolute Gasteiger partial charge is 0.458 e. The Labute approximate surface area is 331 Å². The standard InChI is InChI=1S/C40H62O17/c1-15-9-22(54-35(50)18(15)12-41)16(2)19-5-6-20-26-21(7-8-38(19,20)3)39(4)25(43)10-17(11-40(39,51)34-33(26)57-34)53-37-32(49)30(47)28(45)24(56-37)14-52-36-31(48)29(46)27(44)23(13-42)55-36/h16-17,19-34,36-37,41-49,51H,5-14H2,1-4H3/t16-,17-,19+,20-,21-,22+,23+,24+,25-,26-,27+,28+,29-,30-,31+,32+,33-,34-,36+,37+,38+,39-,40-/m0/s1. The van der Waals surface area contributed by atoms with E-state index in [9.17, 15) is 55.9 Å². The van der Waals surface area contributed by atoms with Crippen LogP contribution < -0.4 is 0 Å². The van der Waals surface area contributed by atoms with E-state index in [-0.39, 0.29) is 66.7 Å². The maximum Gasteiger partial charge on any atom is 0.336 e. The van der Waals surface area contributed by atoms with E-state index in [1.807, 2.05) is 13.8 Å². The summed E-state index contributed by atoms with van der Waals surface area (Å²) in [6, 6.07) is 0. The van der Waals surface area contributed by atoms with Crippen LogP contribution in [0.5, 0.6) is 0 Å². The molecule has 4 saturated carbocycles. The van der Waals surface area contributed by atoms with Crippen molar-refractivity contribution in [3.05, 3.63) is 11.1 Å². The van der Waals surface area contributed by atoms with Gasteiger partial charge in [0.25, 0.3) is 0 Å². The predicted molar refractivity (Wildman–Crippen MR) is 192 cm³/mol. The fourth-order valence-corrected chi connectivity index (χ4v) is 12.9. The summed E-state index contributed by atoms with van der Waals surface area (Å²) < 4.78 is 35.3. The van der Waals surface area contributed by atoms with Crippen molar-refractivity contribution in [3.8, 4) is 0 Å². The zero-order valence-electron chi connectivity index (χ0n) is 32.9. The molecule has 0 aromatic heterocycles. The van der Waals surface area contributed by atoms with E-state index in [0.717, 1.165) is 31.3 Å². The Morgan fingerprint density at radius 1 is 0.842 bits per heavy atom. The minimum absolute atomic E-state index is 0.0551. The first-order valence-electron chi connectivity index (χ1n) is 20.7. The Bertz CT molecular complexity index is 1540. The molecule has 4 heterocycles.